The number of anilines is 2. The van der Waals surface area contributed by atoms with E-state index in [-0.39, 0.29) is 28.5 Å². The van der Waals surface area contributed by atoms with Crippen LogP contribution in [0.1, 0.15) is 74.7 Å². The van der Waals surface area contributed by atoms with Gasteiger partial charge < -0.3 is 24.3 Å². The van der Waals surface area contributed by atoms with Crippen LogP contribution < -0.4 is 19.3 Å². The van der Waals surface area contributed by atoms with Crippen molar-refractivity contribution in [3.63, 3.8) is 0 Å². The fourth-order valence-corrected chi connectivity index (χ4v) is 10.6. The van der Waals surface area contributed by atoms with Crippen molar-refractivity contribution in [1.82, 2.24) is 19.6 Å². The maximum atomic E-state index is 14.0. The van der Waals surface area contributed by atoms with Crippen LogP contribution in [0, 0.1) is 21.4 Å². The van der Waals surface area contributed by atoms with Gasteiger partial charge in [-0.1, -0.05) is 43.2 Å². The summed E-state index contributed by atoms with van der Waals surface area (Å²) in [5.41, 5.74) is 5.73. The number of fused-ring (bicyclic) bond motifs is 1. The number of H-pyrrole nitrogens is 1. The molecule has 1 amide bonds. The molecule has 5 aromatic rings. The number of rotatable bonds is 14. The minimum Gasteiger partial charge on any atom is -0.455 e. The number of nitrogens with zero attached hydrogens (tertiary/aromatic N) is 5. The Morgan fingerprint density at radius 2 is 1.77 bits per heavy atom. The Bertz CT molecular complexity index is 2650. The van der Waals surface area contributed by atoms with E-state index in [4.69, 9.17) is 21.1 Å². The number of sulfonamides is 1. The lowest BCUT2D eigenvalue weighted by atomic mass is 9.72. The predicted octanol–water partition coefficient (Wildman–Crippen LogP) is 9.46. The van der Waals surface area contributed by atoms with Crippen molar-refractivity contribution in [2.45, 2.75) is 69.7 Å². The van der Waals surface area contributed by atoms with Crippen LogP contribution >= 0.6 is 11.6 Å². The third kappa shape index (κ3) is 10.2. The zero-order chi connectivity index (χ0) is 45.2. The third-order valence-electron chi connectivity index (χ3n) is 13.2. The highest BCUT2D eigenvalue weighted by Crippen LogP contribution is 2.44. The Kier molecular flexibility index (Phi) is 13.3. The number of ether oxygens (including phenoxy) is 2. The standard InChI is InChI=1S/C48H56ClN7O7S/c1-48(2)19-17-35(42(28-48)33-7-9-36(49)10-8-33)30-54-21-23-55(24-22-54)38-13-15-41(45(26-38)63-39-25-34-18-20-50-46(34)51-29-39)47(57)52-64(60,61)40-14-16-43(44(27-40)56(58)59)53(3)37-11-5-32(6-12-37)31-62-4/h7-10,13-16,18,20,25-27,29,32,37H,5-6,11-12,17,19,21-24,28,30-31H2,1-4H3,(H,50,51)(H,52,57). The number of amides is 1. The molecule has 64 heavy (non-hydrogen) atoms. The van der Waals surface area contributed by atoms with Gasteiger partial charge in [0.25, 0.3) is 21.6 Å². The number of benzene rings is 3. The number of nitro groups is 1. The molecule has 0 atom stereocenters. The van der Waals surface area contributed by atoms with Gasteiger partial charge in [0.05, 0.1) is 21.6 Å². The van der Waals surface area contributed by atoms with Crippen molar-refractivity contribution in [2.75, 3.05) is 63.3 Å². The van der Waals surface area contributed by atoms with Gasteiger partial charge in [-0.25, -0.2) is 18.1 Å². The first kappa shape index (κ1) is 45.1. The monoisotopic (exact) mass is 909 g/mol. The second-order valence-electron chi connectivity index (χ2n) is 18.1. The molecule has 8 rings (SSSR count). The van der Waals surface area contributed by atoms with Crippen LogP contribution in [0.5, 0.6) is 11.5 Å². The van der Waals surface area contributed by atoms with Crippen LogP contribution in [0.15, 0.2) is 95.7 Å². The summed E-state index contributed by atoms with van der Waals surface area (Å²) in [5, 5.41) is 13.9. The van der Waals surface area contributed by atoms with Crippen LogP contribution in [-0.4, -0.2) is 93.6 Å². The molecule has 2 aliphatic carbocycles. The summed E-state index contributed by atoms with van der Waals surface area (Å²) in [7, 11) is -1.09. The minimum absolute atomic E-state index is 0.0306. The summed E-state index contributed by atoms with van der Waals surface area (Å²) >= 11 is 6.25. The molecule has 1 aliphatic heterocycles. The number of piperazine rings is 1. The average Bonchev–Trinajstić information content (AvgIpc) is 3.75. The van der Waals surface area contributed by atoms with Crippen LogP contribution in [-0.2, 0) is 14.8 Å². The summed E-state index contributed by atoms with van der Waals surface area (Å²) in [4.78, 5) is 39.5. The van der Waals surface area contributed by atoms with E-state index in [2.05, 4.69) is 50.5 Å². The van der Waals surface area contributed by atoms with Gasteiger partial charge in [0.1, 0.15) is 22.8 Å². The summed E-state index contributed by atoms with van der Waals surface area (Å²) in [6.45, 7) is 9.33. The van der Waals surface area contributed by atoms with E-state index in [0.717, 1.165) is 99.8 Å². The summed E-state index contributed by atoms with van der Waals surface area (Å²) in [6.07, 6.45) is 10.0. The third-order valence-corrected chi connectivity index (χ3v) is 14.8. The molecule has 3 aromatic carbocycles. The Hall–Kier alpha value is -5.48. The molecule has 14 nitrogen and oxygen atoms in total. The molecule has 0 spiro atoms. The smallest absolute Gasteiger partial charge is 0.293 e. The zero-order valence-electron chi connectivity index (χ0n) is 36.8. The largest absolute Gasteiger partial charge is 0.455 e. The maximum Gasteiger partial charge on any atom is 0.293 e. The zero-order valence-corrected chi connectivity index (χ0v) is 38.4. The lowest BCUT2D eigenvalue weighted by Gasteiger charge is -2.39. The van der Waals surface area contributed by atoms with Crippen LogP contribution in [0.25, 0.3) is 16.6 Å². The van der Waals surface area contributed by atoms with E-state index in [0.29, 0.717) is 29.6 Å². The number of hydrogen-bond donors (Lipinski definition) is 2. The number of aromatic amines is 1. The molecule has 16 heteroatoms. The van der Waals surface area contributed by atoms with Gasteiger partial charge in [0.15, 0.2) is 0 Å². The van der Waals surface area contributed by atoms with Crippen molar-refractivity contribution >= 4 is 61.2 Å². The number of pyridine rings is 1. The summed E-state index contributed by atoms with van der Waals surface area (Å²) in [5.74, 6) is -0.0141. The molecule has 1 saturated carbocycles. The second-order valence-corrected chi connectivity index (χ2v) is 20.3. The Morgan fingerprint density at radius 1 is 1.02 bits per heavy atom. The van der Waals surface area contributed by atoms with Crippen molar-refractivity contribution in [1.29, 1.82) is 0 Å². The summed E-state index contributed by atoms with van der Waals surface area (Å²) < 4.78 is 41.5. The lowest BCUT2D eigenvalue weighted by molar-refractivity contribution is -0.384. The fourth-order valence-electron chi connectivity index (χ4n) is 9.46. The molecule has 2 fully saturated rings. The molecule has 2 aromatic heterocycles. The number of hydrogen-bond acceptors (Lipinski definition) is 11. The van der Waals surface area contributed by atoms with Gasteiger partial charge in [-0.2, -0.15) is 0 Å². The molecule has 1 saturated heterocycles. The Labute approximate surface area is 379 Å². The van der Waals surface area contributed by atoms with E-state index in [1.165, 1.54) is 35.0 Å². The van der Waals surface area contributed by atoms with Gasteiger partial charge in [-0.05, 0) is 116 Å². The molecule has 3 aliphatic rings. The van der Waals surface area contributed by atoms with Gasteiger partial charge >= 0.3 is 0 Å². The number of nitrogens with one attached hydrogen (secondary N) is 2. The van der Waals surface area contributed by atoms with E-state index in [9.17, 15) is 23.3 Å². The number of carbonyl (C=O) groups excluding carboxylic acids is 1. The molecular formula is C48H56ClN7O7S. The number of aromatic nitrogens is 2. The quantitative estimate of drug-likeness (QED) is 0.0806. The number of carbonyl (C=O) groups is 1. The highest BCUT2D eigenvalue weighted by atomic mass is 35.5. The highest BCUT2D eigenvalue weighted by Gasteiger charge is 2.32. The molecule has 0 bridgehead atoms. The number of nitro benzene ring substituents is 1. The van der Waals surface area contributed by atoms with Crippen molar-refractivity contribution in [3.8, 4) is 11.5 Å². The summed E-state index contributed by atoms with van der Waals surface area (Å²) in [6, 6.07) is 20.7. The van der Waals surface area contributed by atoms with E-state index < -0.39 is 25.7 Å². The van der Waals surface area contributed by atoms with E-state index in [1.54, 1.807) is 44.6 Å². The molecule has 0 unspecified atom stereocenters. The van der Waals surface area contributed by atoms with Crippen molar-refractivity contribution in [3.05, 3.63) is 117 Å². The van der Waals surface area contributed by atoms with E-state index >= 15 is 0 Å². The number of halogens is 1. The van der Waals surface area contributed by atoms with E-state index in [1.807, 2.05) is 23.1 Å². The lowest BCUT2D eigenvalue weighted by Crippen LogP contribution is -2.47. The van der Waals surface area contributed by atoms with Crippen LogP contribution in [0.2, 0.25) is 5.02 Å². The molecular weight excluding hydrogens is 854 g/mol. The van der Waals surface area contributed by atoms with Crippen molar-refractivity contribution < 1.29 is 27.6 Å². The first-order chi connectivity index (χ1) is 30.7. The first-order valence-electron chi connectivity index (χ1n) is 21.9. The van der Waals surface area contributed by atoms with Gasteiger partial charge in [-0.15, -0.1) is 0 Å². The molecule has 338 valence electrons. The fraction of sp³-hybridized carbons (Fsp3) is 0.417. The SMILES string of the molecule is COCC1CCC(N(C)c2ccc(S(=O)(=O)NC(=O)c3ccc(N4CCN(CC5=C(c6ccc(Cl)cc6)CC(C)(C)CC5)CC4)cc3Oc3cnc4[nH]ccc4c3)cc2[N+](=O)[O-])CC1. The van der Waals surface area contributed by atoms with Gasteiger partial charge in [0, 0.05) is 94.0 Å². The molecule has 0 radical (unpaired) electrons. The van der Waals surface area contributed by atoms with Gasteiger partial charge in [0.2, 0.25) is 0 Å². The number of methoxy groups -OCH3 is 1. The van der Waals surface area contributed by atoms with Crippen LogP contribution in [0.4, 0.5) is 17.1 Å². The normalized spacial score (nSPS) is 19.4. The van der Waals surface area contributed by atoms with Crippen molar-refractivity contribution in [2.24, 2.45) is 11.3 Å². The predicted molar refractivity (Wildman–Crippen MR) is 251 cm³/mol. The first-order valence-corrected chi connectivity index (χ1v) is 23.8. The molecule has 3 heterocycles. The Morgan fingerprint density at radius 3 is 2.48 bits per heavy atom. The number of allylic oxidation sites excluding steroid dienone is 1. The minimum atomic E-state index is -4.57. The average molecular weight is 911 g/mol. The van der Waals surface area contributed by atoms with Gasteiger partial charge in [-0.3, -0.25) is 19.8 Å². The maximum absolute atomic E-state index is 14.0. The molecule has 2 N–H and O–H groups in total. The highest BCUT2D eigenvalue weighted by molar-refractivity contribution is 7.90. The Balaban J connectivity index is 1.01. The van der Waals surface area contributed by atoms with Crippen LogP contribution in [0.3, 0.4) is 0 Å². The second kappa shape index (κ2) is 18.9. The topological polar surface area (TPSA) is 163 Å².